The van der Waals surface area contributed by atoms with Gasteiger partial charge in [0, 0.05) is 19.0 Å². The minimum Gasteiger partial charge on any atom is -0.330 e. The van der Waals surface area contributed by atoms with Crippen molar-refractivity contribution >= 4 is 27.5 Å². The van der Waals surface area contributed by atoms with E-state index in [4.69, 9.17) is 5.73 Å². The fourth-order valence-electron chi connectivity index (χ4n) is 0.962. The van der Waals surface area contributed by atoms with Crippen molar-refractivity contribution in [3.05, 3.63) is 28.2 Å². The quantitative estimate of drug-likeness (QED) is 0.832. The highest BCUT2D eigenvalue weighted by Crippen LogP contribution is 2.23. The van der Waals surface area contributed by atoms with Crippen molar-refractivity contribution in [1.29, 1.82) is 0 Å². The standard InChI is InChI=1S/C9H9BrF2N2O/c10-5-3-8(7(12)4-6(5)11)14-9(15)1-2-13/h3-4H,1-2,13H2,(H,14,15). The van der Waals surface area contributed by atoms with Gasteiger partial charge in [-0.2, -0.15) is 0 Å². The maximum Gasteiger partial charge on any atom is 0.225 e. The molecule has 1 aromatic carbocycles. The van der Waals surface area contributed by atoms with Crippen molar-refractivity contribution in [3.63, 3.8) is 0 Å². The molecule has 0 aromatic heterocycles. The van der Waals surface area contributed by atoms with Crippen molar-refractivity contribution in [3.8, 4) is 0 Å². The molecule has 0 aliphatic carbocycles. The first-order valence-electron chi connectivity index (χ1n) is 4.19. The van der Waals surface area contributed by atoms with Crippen molar-refractivity contribution in [2.45, 2.75) is 6.42 Å². The van der Waals surface area contributed by atoms with Crippen LogP contribution < -0.4 is 11.1 Å². The zero-order valence-corrected chi connectivity index (χ0v) is 9.27. The Bertz CT molecular complexity index is 385. The lowest BCUT2D eigenvalue weighted by Crippen LogP contribution is -2.17. The van der Waals surface area contributed by atoms with E-state index in [0.29, 0.717) is 6.07 Å². The lowest BCUT2D eigenvalue weighted by molar-refractivity contribution is -0.116. The fourth-order valence-corrected chi connectivity index (χ4v) is 1.31. The lowest BCUT2D eigenvalue weighted by atomic mass is 10.3. The van der Waals surface area contributed by atoms with Crippen LogP contribution in [0.15, 0.2) is 16.6 Å². The molecule has 82 valence electrons. The topological polar surface area (TPSA) is 55.1 Å². The largest absolute Gasteiger partial charge is 0.330 e. The number of nitrogens with two attached hydrogens (primary N) is 1. The molecule has 1 amide bonds. The van der Waals surface area contributed by atoms with Crippen LogP contribution in [0.2, 0.25) is 0 Å². The van der Waals surface area contributed by atoms with Gasteiger partial charge >= 0.3 is 0 Å². The third-order valence-electron chi connectivity index (χ3n) is 1.66. The molecule has 3 N–H and O–H groups in total. The number of hydrogen-bond donors (Lipinski definition) is 2. The number of hydrogen-bond acceptors (Lipinski definition) is 2. The Hall–Kier alpha value is -1.01. The van der Waals surface area contributed by atoms with E-state index in [-0.39, 0.29) is 23.1 Å². The van der Waals surface area contributed by atoms with Crippen molar-refractivity contribution < 1.29 is 13.6 Å². The molecule has 6 heteroatoms. The van der Waals surface area contributed by atoms with Crippen molar-refractivity contribution in [1.82, 2.24) is 0 Å². The molecule has 3 nitrogen and oxygen atoms in total. The molecule has 0 saturated carbocycles. The molecule has 0 spiro atoms. The second-order valence-corrected chi connectivity index (χ2v) is 3.69. The summed E-state index contributed by atoms with van der Waals surface area (Å²) in [6, 6.07) is 1.86. The van der Waals surface area contributed by atoms with E-state index in [0.717, 1.165) is 0 Å². The first kappa shape index (κ1) is 12.1. The molecule has 0 aliphatic rings. The van der Waals surface area contributed by atoms with E-state index in [1.165, 1.54) is 6.07 Å². The molecule has 0 aliphatic heterocycles. The van der Waals surface area contributed by atoms with Crippen LogP contribution in [0.5, 0.6) is 0 Å². The van der Waals surface area contributed by atoms with Crippen LogP contribution >= 0.6 is 15.9 Å². The van der Waals surface area contributed by atoms with Crippen LogP contribution in [-0.2, 0) is 4.79 Å². The Morgan fingerprint density at radius 1 is 1.40 bits per heavy atom. The Labute approximate surface area is 93.8 Å². The number of carbonyl (C=O) groups is 1. The van der Waals surface area contributed by atoms with Gasteiger partial charge in [-0.1, -0.05) is 0 Å². The van der Waals surface area contributed by atoms with E-state index in [2.05, 4.69) is 21.2 Å². The summed E-state index contributed by atoms with van der Waals surface area (Å²) in [6.07, 6.45) is 0.0917. The first-order chi connectivity index (χ1) is 7.04. The molecule has 0 bridgehead atoms. The molecule has 0 atom stereocenters. The van der Waals surface area contributed by atoms with E-state index in [1.807, 2.05) is 0 Å². The van der Waals surface area contributed by atoms with Crippen LogP contribution in [0.4, 0.5) is 14.5 Å². The Balaban J connectivity index is 2.86. The zero-order valence-electron chi connectivity index (χ0n) is 7.69. The summed E-state index contributed by atoms with van der Waals surface area (Å²) in [5, 5.41) is 2.29. The summed E-state index contributed by atoms with van der Waals surface area (Å²) < 4.78 is 26.0. The Morgan fingerprint density at radius 3 is 2.67 bits per heavy atom. The van der Waals surface area contributed by atoms with Crippen LogP contribution in [0.3, 0.4) is 0 Å². The number of halogens is 3. The van der Waals surface area contributed by atoms with Crippen LogP contribution in [0.1, 0.15) is 6.42 Å². The maximum atomic E-state index is 13.1. The zero-order chi connectivity index (χ0) is 11.4. The van der Waals surface area contributed by atoms with Gasteiger partial charge in [-0.15, -0.1) is 0 Å². The van der Waals surface area contributed by atoms with E-state index in [9.17, 15) is 13.6 Å². The number of nitrogens with one attached hydrogen (secondary N) is 1. The molecule has 0 heterocycles. The summed E-state index contributed by atoms with van der Waals surface area (Å²) in [5.74, 6) is -1.94. The molecule has 0 fully saturated rings. The summed E-state index contributed by atoms with van der Waals surface area (Å²) >= 11 is 2.89. The highest BCUT2D eigenvalue weighted by atomic mass is 79.9. The predicted octanol–water partition coefficient (Wildman–Crippen LogP) is 2.01. The average Bonchev–Trinajstić information content (AvgIpc) is 2.14. The van der Waals surface area contributed by atoms with Crippen LogP contribution in [0.25, 0.3) is 0 Å². The number of amides is 1. The predicted molar refractivity (Wildman–Crippen MR) is 56.4 cm³/mol. The number of anilines is 1. The van der Waals surface area contributed by atoms with Gasteiger partial charge < -0.3 is 11.1 Å². The second kappa shape index (κ2) is 5.18. The number of rotatable bonds is 3. The summed E-state index contributed by atoms with van der Waals surface area (Å²) in [4.78, 5) is 11.1. The average molecular weight is 279 g/mol. The van der Waals surface area contributed by atoms with Gasteiger partial charge in [-0.05, 0) is 22.0 Å². The molecule has 1 aromatic rings. The smallest absolute Gasteiger partial charge is 0.225 e. The molecule has 1 rings (SSSR count). The third-order valence-corrected chi connectivity index (χ3v) is 2.26. The van der Waals surface area contributed by atoms with Gasteiger partial charge in [0.2, 0.25) is 5.91 Å². The van der Waals surface area contributed by atoms with E-state index >= 15 is 0 Å². The first-order valence-corrected chi connectivity index (χ1v) is 4.98. The monoisotopic (exact) mass is 278 g/mol. The normalized spacial score (nSPS) is 10.1. The van der Waals surface area contributed by atoms with Crippen LogP contribution in [-0.4, -0.2) is 12.5 Å². The number of benzene rings is 1. The summed E-state index contributed by atoms with van der Waals surface area (Å²) in [5.41, 5.74) is 5.08. The molecule has 0 saturated heterocycles. The minimum absolute atomic E-state index is 0.0678. The maximum absolute atomic E-state index is 13.1. The lowest BCUT2D eigenvalue weighted by Gasteiger charge is -2.06. The fraction of sp³-hybridized carbons (Fsp3) is 0.222. The molecule has 0 unspecified atom stereocenters. The Kier molecular flexibility index (Phi) is 4.16. The van der Waals surface area contributed by atoms with Crippen LogP contribution in [0, 0.1) is 11.6 Å². The Morgan fingerprint density at radius 2 is 2.07 bits per heavy atom. The van der Waals surface area contributed by atoms with Gasteiger partial charge in [0.25, 0.3) is 0 Å². The van der Waals surface area contributed by atoms with Crippen molar-refractivity contribution in [2.75, 3.05) is 11.9 Å². The minimum atomic E-state index is -0.818. The van der Waals surface area contributed by atoms with E-state index < -0.39 is 17.5 Å². The molecular formula is C9H9BrF2N2O. The summed E-state index contributed by atoms with van der Waals surface area (Å²) in [7, 11) is 0. The van der Waals surface area contributed by atoms with Gasteiger partial charge in [0.1, 0.15) is 11.6 Å². The van der Waals surface area contributed by atoms with E-state index in [1.54, 1.807) is 0 Å². The molecular weight excluding hydrogens is 270 g/mol. The van der Waals surface area contributed by atoms with Gasteiger partial charge in [-0.25, -0.2) is 8.78 Å². The highest BCUT2D eigenvalue weighted by Gasteiger charge is 2.10. The number of carbonyl (C=O) groups excluding carboxylic acids is 1. The van der Waals surface area contributed by atoms with Gasteiger partial charge in [0.15, 0.2) is 0 Å². The van der Waals surface area contributed by atoms with Gasteiger partial charge in [0.05, 0.1) is 10.2 Å². The SMILES string of the molecule is NCCC(=O)Nc1cc(Br)c(F)cc1F. The van der Waals surface area contributed by atoms with Gasteiger partial charge in [-0.3, -0.25) is 4.79 Å². The third kappa shape index (κ3) is 3.24. The molecule has 0 radical (unpaired) electrons. The highest BCUT2D eigenvalue weighted by molar-refractivity contribution is 9.10. The molecule has 15 heavy (non-hydrogen) atoms. The van der Waals surface area contributed by atoms with Crippen molar-refractivity contribution in [2.24, 2.45) is 5.73 Å². The summed E-state index contributed by atoms with van der Waals surface area (Å²) in [6.45, 7) is 0.176. The second-order valence-electron chi connectivity index (χ2n) is 2.83.